The van der Waals surface area contributed by atoms with E-state index in [1.807, 2.05) is 0 Å². The van der Waals surface area contributed by atoms with Gasteiger partial charge in [-0.05, 0) is 31.5 Å². The summed E-state index contributed by atoms with van der Waals surface area (Å²) in [6, 6.07) is 4.43. The molecule has 2 N–H and O–H groups in total. The molecule has 1 unspecified atom stereocenters. The number of nitrogens with zero attached hydrogens (tertiary/aromatic N) is 3. The third-order valence-corrected chi connectivity index (χ3v) is 5.21. The number of ether oxygens (including phenoxy) is 1. The van der Waals surface area contributed by atoms with Gasteiger partial charge in [-0.15, -0.1) is 10.2 Å². The van der Waals surface area contributed by atoms with Gasteiger partial charge in [-0.2, -0.15) is 0 Å². The van der Waals surface area contributed by atoms with Crippen LogP contribution in [-0.4, -0.2) is 52.6 Å². The second-order valence-electron chi connectivity index (χ2n) is 6.61. The fourth-order valence-electron chi connectivity index (χ4n) is 2.74. The van der Waals surface area contributed by atoms with Crippen LogP contribution in [0.15, 0.2) is 18.2 Å². The molecule has 2 amide bonds. The molecule has 1 aliphatic rings. The van der Waals surface area contributed by atoms with Gasteiger partial charge in [-0.25, -0.2) is 9.18 Å². The van der Waals surface area contributed by atoms with Crippen LogP contribution < -0.4 is 10.2 Å². The monoisotopic (exact) mass is 408 g/mol. The van der Waals surface area contributed by atoms with Gasteiger partial charge in [0.2, 0.25) is 5.91 Å². The molecule has 28 heavy (non-hydrogen) atoms. The molecular formula is C18H21FN4O4S. The normalized spacial score (nSPS) is 17.5. The minimum atomic E-state index is -0.584. The number of aryl methyl sites for hydroxylation is 1. The number of amides is 2. The zero-order valence-corrected chi connectivity index (χ0v) is 16.3. The summed E-state index contributed by atoms with van der Waals surface area (Å²) < 4.78 is 19.8. The van der Waals surface area contributed by atoms with Crippen molar-refractivity contribution in [2.24, 2.45) is 0 Å². The second kappa shape index (κ2) is 8.61. The summed E-state index contributed by atoms with van der Waals surface area (Å²) in [6.45, 7) is 3.51. The van der Waals surface area contributed by atoms with E-state index >= 15 is 0 Å². The SMILES string of the molecule is CC(=O)NC[C@H]1CN(c2ccc(-c3nnc(CCC(C)O)s3)c(F)c2)C(=O)O1. The average Bonchev–Trinajstić information content (AvgIpc) is 3.24. The lowest BCUT2D eigenvalue weighted by molar-refractivity contribution is -0.119. The van der Waals surface area contributed by atoms with Crippen molar-refractivity contribution < 1.29 is 23.8 Å². The molecule has 150 valence electrons. The number of nitrogens with one attached hydrogen (secondary N) is 1. The highest BCUT2D eigenvalue weighted by atomic mass is 32.1. The van der Waals surface area contributed by atoms with Crippen LogP contribution in [0.25, 0.3) is 10.6 Å². The number of aliphatic hydroxyl groups is 1. The predicted octanol–water partition coefficient (Wildman–Crippen LogP) is 2.12. The standard InChI is InChI=1S/C18H21FN4O4S/c1-10(24)3-6-16-21-22-17(28-16)14-5-4-12(7-15(14)19)23-9-13(27-18(23)26)8-20-11(2)25/h4-5,7,10,13,24H,3,6,8-9H2,1-2H3,(H,20,25)/t10?,13-/m0/s1. The molecule has 1 saturated heterocycles. The van der Waals surface area contributed by atoms with Crippen molar-refractivity contribution in [3.8, 4) is 10.6 Å². The summed E-state index contributed by atoms with van der Waals surface area (Å²) in [5.74, 6) is -0.733. The number of rotatable bonds is 7. The second-order valence-corrected chi connectivity index (χ2v) is 7.67. The molecule has 1 fully saturated rings. The summed E-state index contributed by atoms with van der Waals surface area (Å²) in [4.78, 5) is 24.4. The quantitative estimate of drug-likeness (QED) is 0.727. The summed E-state index contributed by atoms with van der Waals surface area (Å²) in [6.07, 6.45) is -0.368. The zero-order chi connectivity index (χ0) is 20.3. The highest BCUT2D eigenvalue weighted by Crippen LogP contribution is 2.31. The third-order valence-electron chi connectivity index (χ3n) is 4.19. The Bertz CT molecular complexity index is 873. The number of halogens is 1. The van der Waals surface area contributed by atoms with E-state index in [4.69, 9.17) is 4.74 Å². The molecule has 10 heteroatoms. The fourth-order valence-corrected chi connectivity index (χ4v) is 3.62. The number of hydrogen-bond acceptors (Lipinski definition) is 7. The van der Waals surface area contributed by atoms with Crippen LogP contribution in [0.2, 0.25) is 0 Å². The zero-order valence-electron chi connectivity index (χ0n) is 15.5. The van der Waals surface area contributed by atoms with Crippen LogP contribution in [-0.2, 0) is 16.0 Å². The van der Waals surface area contributed by atoms with Crippen molar-refractivity contribution in [3.05, 3.63) is 29.0 Å². The van der Waals surface area contributed by atoms with Gasteiger partial charge in [-0.1, -0.05) is 11.3 Å². The smallest absolute Gasteiger partial charge is 0.414 e. The van der Waals surface area contributed by atoms with Crippen molar-refractivity contribution in [3.63, 3.8) is 0 Å². The maximum atomic E-state index is 14.7. The number of carbonyl (C=O) groups excluding carboxylic acids is 2. The first-order valence-electron chi connectivity index (χ1n) is 8.86. The minimum absolute atomic E-state index is 0.207. The Morgan fingerprint density at radius 1 is 1.50 bits per heavy atom. The van der Waals surface area contributed by atoms with E-state index in [0.29, 0.717) is 29.1 Å². The number of carbonyl (C=O) groups is 2. The molecule has 2 aromatic rings. The largest absolute Gasteiger partial charge is 0.442 e. The lowest BCUT2D eigenvalue weighted by atomic mass is 10.2. The molecule has 3 rings (SSSR count). The first-order valence-corrected chi connectivity index (χ1v) is 9.68. The maximum Gasteiger partial charge on any atom is 0.414 e. The number of aliphatic hydroxyl groups excluding tert-OH is 1. The van der Waals surface area contributed by atoms with Crippen LogP contribution in [0.5, 0.6) is 0 Å². The van der Waals surface area contributed by atoms with E-state index in [0.717, 1.165) is 5.01 Å². The highest BCUT2D eigenvalue weighted by Gasteiger charge is 2.32. The molecule has 1 aromatic heterocycles. The molecule has 0 bridgehead atoms. The van der Waals surface area contributed by atoms with E-state index in [2.05, 4.69) is 15.5 Å². The van der Waals surface area contributed by atoms with Crippen molar-refractivity contribution in [2.75, 3.05) is 18.0 Å². The van der Waals surface area contributed by atoms with Gasteiger partial charge in [-0.3, -0.25) is 9.69 Å². The minimum Gasteiger partial charge on any atom is -0.442 e. The molecule has 2 heterocycles. The Balaban J connectivity index is 1.70. The number of hydrogen-bond donors (Lipinski definition) is 2. The first kappa shape index (κ1) is 20.2. The van der Waals surface area contributed by atoms with E-state index in [-0.39, 0.29) is 19.0 Å². The Morgan fingerprint density at radius 3 is 2.96 bits per heavy atom. The summed E-state index contributed by atoms with van der Waals surface area (Å²) in [5, 5.41) is 21.2. The first-order chi connectivity index (χ1) is 13.3. The molecule has 0 radical (unpaired) electrons. The van der Waals surface area contributed by atoms with Crippen LogP contribution in [0.4, 0.5) is 14.9 Å². The van der Waals surface area contributed by atoms with Gasteiger partial charge in [0.15, 0.2) is 5.01 Å². The fraction of sp³-hybridized carbons (Fsp3) is 0.444. The number of cyclic esters (lactones) is 1. The number of benzene rings is 1. The van der Waals surface area contributed by atoms with Crippen molar-refractivity contribution in [1.29, 1.82) is 0 Å². The summed E-state index contributed by atoms with van der Waals surface area (Å²) >= 11 is 1.27. The average molecular weight is 408 g/mol. The highest BCUT2D eigenvalue weighted by molar-refractivity contribution is 7.14. The lowest BCUT2D eigenvalue weighted by Crippen LogP contribution is -2.33. The Labute approximate surface area is 165 Å². The third kappa shape index (κ3) is 4.82. The van der Waals surface area contributed by atoms with Gasteiger partial charge >= 0.3 is 6.09 Å². The summed E-state index contributed by atoms with van der Waals surface area (Å²) in [5.41, 5.74) is 0.669. The number of anilines is 1. The topological polar surface area (TPSA) is 105 Å². The van der Waals surface area contributed by atoms with Crippen LogP contribution >= 0.6 is 11.3 Å². The maximum absolute atomic E-state index is 14.7. The van der Waals surface area contributed by atoms with E-state index in [9.17, 15) is 19.1 Å². The van der Waals surface area contributed by atoms with E-state index in [1.165, 1.54) is 29.2 Å². The Morgan fingerprint density at radius 2 is 2.29 bits per heavy atom. The molecule has 1 aromatic carbocycles. The lowest BCUT2D eigenvalue weighted by Gasteiger charge is -2.14. The number of aromatic nitrogens is 2. The van der Waals surface area contributed by atoms with Gasteiger partial charge in [0.25, 0.3) is 0 Å². The molecular weight excluding hydrogens is 387 g/mol. The van der Waals surface area contributed by atoms with Crippen molar-refractivity contribution >= 4 is 29.0 Å². The molecule has 0 saturated carbocycles. The molecule has 0 spiro atoms. The van der Waals surface area contributed by atoms with Gasteiger partial charge < -0.3 is 15.2 Å². The van der Waals surface area contributed by atoms with E-state index in [1.54, 1.807) is 19.1 Å². The van der Waals surface area contributed by atoms with Gasteiger partial charge in [0, 0.05) is 18.9 Å². The van der Waals surface area contributed by atoms with Crippen LogP contribution in [0.1, 0.15) is 25.3 Å². The molecule has 8 nitrogen and oxygen atoms in total. The molecule has 2 atom stereocenters. The Kier molecular flexibility index (Phi) is 6.20. The van der Waals surface area contributed by atoms with Crippen molar-refractivity contribution in [2.45, 2.75) is 38.9 Å². The van der Waals surface area contributed by atoms with Crippen LogP contribution in [0.3, 0.4) is 0 Å². The van der Waals surface area contributed by atoms with Crippen molar-refractivity contribution in [1.82, 2.24) is 15.5 Å². The summed E-state index contributed by atoms with van der Waals surface area (Å²) in [7, 11) is 0. The Hall–Kier alpha value is -2.59. The molecule has 0 aliphatic carbocycles. The van der Waals surface area contributed by atoms with Gasteiger partial charge in [0.1, 0.15) is 16.9 Å². The van der Waals surface area contributed by atoms with Crippen LogP contribution in [0, 0.1) is 5.82 Å². The molecule has 1 aliphatic heterocycles. The van der Waals surface area contributed by atoms with E-state index < -0.39 is 24.1 Å². The predicted molar refractivity (Wildman–Crippen MR) is 102 cm³/mol. The van der Waals surface area contributed by atoms with Gasteiger partial charge in [0.05, 0.1) is 24.9 Å².